The van der Waals surface area contributed by atoms with E-state index in [-0.39, 0.29) is 11.6 Å². The number of aromatic nitrogens is 2. The lowest BCUT2D eigenvalue weighted by molar-refractivity contribution is 0.102. The molecule has 0 atom stereocenters. The molecule has 1 heterocycles. The number of halogens is 1. The summed E-state index contributed by atoms with van der Waals surface area (Å²) in [5.41, 5.74) is 2.49. The Hall–Kier alpha value is -3.12. The van der Waals surface area contributed by atoms with Gasteiger partial charge in [0.15, 0.2) is 11.5 Å². The SMILES string of the molecule is COc1ccc(Nc2ccc(C(=O)Nc3cccc(Cl)c3C)nn2)cc1. The molecule has 1 amide bonds. The Morgan fingerprint density at radius 1 is 1.04 bits per heavy atom. The molecule has 3 aromatic rings. The van der Waals surface area contributed by atoms with Crippen LogP contribution in [-0.4, -0.2) is 23.2 Å². The summed E-state index contributed by atoms with van der Waals surface area (Å²) < 4.78 is 5.12. The Balaban J connectivity index is 1.68. The number of ether oxygens (including phenoxy) is 1. The minimum absolute atomic E-state index is 0.213. The summed E-state index contributed by atoms with van der Waals surface area (Å²) in [5.74, 6) is 0.953. The normalized spacial score (nSPS) is 10.3. The summed E-state index contributed by atoms with van der Waals surface area (Å²) in [4.78, 5) is 12.3. The Labute approximate surface area is 156 Å². The third-order valence-electron chi connectivity index (χ3n) is 3.78. The highest BCUT2D eigenvalue weighted by molar-refractivity contribution is 6.31. The first-order valence-electron chi connectivity index (χ1n) is 7.88. The van der Waals surface area contributed by atoms with Crippen molar-refractivity contribution in [3.63, 3.8) is 0 Å². The average Bonchev–Trinajstić information content (AvgIpc) is 2.66. The molecule has 0 spiro atoms. The van der Waals surface area contributed by atoms with Crippen LogP contribution in [0.25, 0.3) is 0 Å². The van der Waals surface area contributed by atoms with Crippen molar-refractivity contribution in [3.8, 4) is 5.75 Å². The third kappa shape index (κ3) is 4.10. The molecule has 0 radical (unpaired) electrons. The predicted octanol–water partition coefficient (Wildman–Crippen LogP) is 4.44. The van der Waals surface area contributed by atoms with E-state index in [1.807, 2.05) is 31.2 Å². The van der Waals surface area contributed by atoms with Crippen LogP contribution in [-0.2, 0) is 0 Å². The summed E-state index contributed by atoms with van der Waals surface area (Å²) in [6.45, 7) is 1.84. The molecule has 0 bridgehead atoms. The van der Waals surface area contributed by atoms with E-state index in [4.69, 9.17) is 16.3 Å². The Morgan fingerprint density at radius 3 is 2.46 bits per heavy atom. The van der Waals surface area contributed by atoms with Crippen LogP contribution in [0.5, 0.6) is 5.75 Å². The predicted molar refractivity (Wildman–Crippen MR) is 102 cm³/mol. The molecule has 1 aromatic heterocycles. The number of amides is 1. The molecule has 132 valence electrons. The van der Waals surface area contributed by atoms with Gasteiger partial charge in [-0.05, 0) is 61.0 Å². The molecule has 7 heteroatoms. The molecule has 26 heavy (non-hydrogen) atoms. The van der Waals surface area contributed by atoms with Crippen molar-refractivity contribution >= 4 is 34.7 Å². The van der Waals surface area contributed by atoms with Gasteiger partial charge >= 0.3 is 0 Å². The van der Waals surface area contributed by atoms with Crippen LogP contribution >= 0.6 is 11.6 Å². The van der Waals surface area contributed by atoms with Gasteiger partial charge in [0.2, 0.25) is 0 Å². The molecule has 0 unspecified atom stereocenters. The smallest absolute Gasteiger partial charge is 0.276 e. The van der Waals surface area contributed by atoms with Gasteiger partial charge in [-0.15, -0.1) is 10.2 Å². The molecular formula is C19H17ClN4O2. The van der Waals surface area contributed by atoms with Crippen LogP contribution < -0.4 is 15.4 Å². The number of rotatable bonds is 5. The lowest BCUT2D eigenvalue weighted by atomic mass is 10.2. The van der Waals surface area contributed by atoms with E-state index < -0.39 is 0 Å². The number of nitrogens with one attached hydrogen (secondary N) is 2. The zero-order valence-electron chi connectivity index (χ0n) is 14.3. The number of benzene rings is 2. The van der Waals surface area contributed by atoms with Crippen LogP contribution in [0.2, 0.25) is 5.02 Å². The molecule has 0 saturated heterocycles. The van der Waals surface area contributed by atoms with Gasteiger partial charge in [0.25, 0.3) is 5.91 Å². The molecule has 0 aliphatic rings. The molecular weight excluding hydrogens is 352 g/mol. The van der Waals surface area contributed by atoms with Crippen molar-refractivity contribution in [2.75, 3.05) is 17.7 Å². The second-order valence-electron chi connectivity index (χ2n) is 5.52. The second-order valence-corrected chi connectivity index (χ2v) is 5.93. The highest BCUT2D eigenvalue weighted by Crippen LogP contribution is 2.23. The number of hydrogen-bond donors (Lipinski definition) is 2. The zero-order chi connectivity index (χ0) is 18.5. The first-order chi connectivity index (χ1) is 12.6. The van der Waals surface area contributed by atoms with E-state index in [1.54, 1.807) is 37.4 Å². The van der Waals surface area contributed by atoms with Crippen molar-refractivity contribution in [2.45, 2.75) is 6.92 Å². The van der Waals surface area contributed by atoms with Crippen molar-refractivity contribution in [2.24, 2.45) is 0 Å². The van der Waals surface area contributed by atoms with Crippen molar-refractivity contribution < 1.29 is 9.53 Å². The number of nitrogens with zero attached hydrogens (tertiary/aromatic N) is 2. The number of hydrogen-bond acceptors (Lipinski definition) is 5. The molecule has 0 aliphatic heterocycles. The summed E-state index contributed by atoms with van der Waals surface area (Å²) in [6, 6.07) is 16.0. The van der Waals surface area contributed by atoms with E-state index in [2.05, 4.69) is 20.8 Å². The van der Waals surface area contributed by atoms with Crippen LogP contribution in [0.1, 0.15) is 16.1 Å². The van der Waals surface area contributed by atoms with Crippen molar-refractivity contribution in [1.82, 2.24) is 10.2 Å². The van der Waals surface area contributed by atoms with Crippen LogP contribution in [0.15, 0.2) is 54.6 Å². The van der Waals surface area contributed by atoms with E-state index in [1.165, 1.54) is 0 Å². The minimum Gasteiger partial charge on any atom is -0.497 e. The molecule has 2 aromatic carbocycles. The van der Waals surface area contributed by atoms with E-state index in [0.29, 0.717) is 16.5 Å². The zero-order valence-corrected chi connectivity index (χ0v) is 15.0. The Bertz CT molecular complexity index is 912. The van der Waals surface area contributed by atoms with E-state index >= 15 is 0 Å². The van der Waals surface area contributed by atoms with Gasteiger partial charge in [0, 0.05) is 16.4 Å². The molecule has 0 fully saturated rings. The lowest BCUT2D eigenvalue weighted by Gasteiger charge is -2.09. The van der Waals surface area contributed by atoms with Gasteiger partial charge in [-0.3, -0.25) is 4.79 Å². The topological polar surface area (TPSA) is 76.1 Å². The maximum atomic E-state index is 12.3. The molecule has 6 nitrogen and oxygen atoms in total. The molecule has 0 aliphatic carbocycles. The number of anilines is 3. The lowest BCUT2D eigenvalue weighted by Crippen LogP contribution is -2.15. The fraction of sp³-hybridized carbons (Fsp3) is 0.105. The summed E-state index contributed by atoms with van der Waals surface area (Å²) in [5, 5.41) is 14.5. The summed E-state index contributed by atoms with van der Waals surface area (Å²) in [7, 11) is 1.61. The molecule has 2 N–H and O–H groups in total. The fourth-order valence-electron chi connectivity index (χ4n) is 2.27. The summed E-state index contributed by atoms with van der Waals surface area (Å²) in [6.07, 6.45) is 0. The minimum atomic E-state index is -0.348. The monoisotopic (exact) mass is 368 g/mol. The number of methoxy groups -OCH3 is 1. The van der Waals surface area contributed by atoms with Gasteiger partial charge in [-0.2, -0.15) is 0 Å². The van der Waals surface area contributed by atoms with Gasteiger partial charge in [0.1, 0.15) is 5.75 Å². The van der Waals surface area contributed by atoms with Crippen molar-refractivity contribution in [3.05, 3.63) is 70.9 Å². The summed E-state index contributed by atoms with van der Waals surface area (Å²) >= 11 is 6.06. The first-order valence-corrected chi connectivity index (χ1v) is 8.26. The van der Waals surface area contributed by atoms with Crippen LogP contribution in [0, 0.1) is 6.92 Å². The second kappa shape index (κ2) is 7.84. The number of carbonyl (C=O) groups excluding carboxylic acids is 1. The average molecular weight is 369 g/mol. The standard InChI is InChI=1S/C19H17ClN4O2/c1-12-15(20)4-3-5-16(12)22-19(25)17-10-11-18(24-23-17)21-13-6-8-14(26-2)9-7-13/h3-11H,1-2H3,(H,21,24)(H,22,25). The van der Waals surface area contributed by atoms with Gasteiger partial charge in [-0.1, -0.05) is 17.7 Å². The van der Waals surface area contributed by atoms with Gasteiger partial charge in [0.05, 0.1) is 7.11 Å². The third-order valence-corrected chi connectivity index (χ3v) is 4.18. The quantitative estimate of drug-likeness (QED) is 0.696. The van der Waals surface area contributed by atoms with E-state index in [9.17, 15) is 4.79 Å². The fourth-order valence-corrected chi connectivity index (χ4v) is 2.45. The molecule has 3 rings (SSSR count). The number of carbonyl (C=O) groups is 1. The van der Waals surface area contributed by atoms with Gasteiger partial charge in [-0.25, -0.2) is 0 Å². The largest absolute Gasteiger partial charge is 0.497 e. The van der Waals surface area contributed by atoms with Crippen LogP contribution in [0.3, 0.4) is 0 Å². The highest BCUT2D eigenvalue weighted by Gasteiger charge is 2.11. The maximum absolute atomic E-state index is 12.3. The van der Waals surface area contributed by atoms with Gasteiger partial charge < -0.3 is 15.4 Å². The Morgan fingerprint density at radius 2 is 1.81 bits per heavy atom. The molecule has 0 saturated carbocycles. The van der Waals surface area contributed by atoms with Crippen molar-refractivity contribution in [1.29, 1.82) is 0 Å². The van der Waals surface area contributed by atoms with Crippen LogP contribution in [0.4, 0.5) is 17.2 Å². The Kier molecular flexibility index (Phi) is 5.34. The van der Waals surface area contributed by atoms with E-state index in [0.717, 1.165) is 17.0 Å². The highest BCUT2D eigenvalue weighted by atomic mass is 35.5. The maximum Gasteiger partial charge on any atom is 0.276 e. The first kappa shape index (κ1) is 17.7.